The number of carbonyl (C=O) groups excluding carboxylic acids is 2. The van der Waals surface area contributed by atoms with Crippen molar-refractivity contribution >= 4 is 79.9 Å². The van der Waals surface area contributed by atoms with Gasteiger partial charge in [0.15, 0.2) is 19.6 Å². The minimum Gasteiger partial charge on any atom is -0.310 e. The lowest BCUT2D eigenvalue weighted by Gasteiger charge is -2.43. The number of Topliss-reactive ketones (excluding diaryl/α,β-unsaturated/α-hetero) is 2. The van der Waals surface area contributed by atoms with Gasteiger partial charge in [-0.2, -0.15) is 0 Å². The average Bonchev–Trinajstić information content (AvgIpc) is 3.35. The molecule has 0 bridgehead atoms. The van der Waals surface area contributed by atoms with Crippen LogP contribution >= 0.6 is 0 Å². The number of allylic oxidation sites excluding steroid dienone is 1. The van der Waals surface area contributed by atoms with E-state index in [0.29, 0.717) is 11.1 Å². The molecule has 1 heterocycles. The number of para-hydroxylation sites is 2. The quantitative estimate of drug-likeness (QED) is 0.113. The normalized spacial score (nSPS) is 16.7. The molecule has 1 unspecified atom stereocenters. The van der Waals surface area contributed by atoms with Crippen molar-refractivity contribution in [2.75, 3.05) is 4.90 Å². The number of benzene rings is 7. The summed E-state index contributed by atoms with van der Waals surface area (Å²) in [6.45, 7) is 2.46. The molecule has 0 N–H and O–H groups in total. The summed E-state index contributed by atoms with van der Waals surface area (Å²) < 4.78 is 0. The lowest BCUT2D eigenvalue weighted by Crippen LogP contribution is -2.68. The molecule has 2 aliphatic rings. The van der Waals surface area contributed by atoms with Crippen molar-refractivity contribution in [3.63, 3.8) is 0 Å². The van der Waals surface area contributed by atoms with Crippen molar-refractivity contribution in [3.05, 3.63) is 174 Å². The highest BCUT2D eigenvalue weighted by atomic mass is 28.3. The van der Waals surface area contributed by atoms with Crippen LogP contribution in [0, 0.1) is 0 Å². The van der Waals surface area contributed by atoms with Crippen molar-refractivity contribution < 1.29 is 9.59 Å². The van der Waals surface area contributed by atoms with Gasteiger partial charge in [-0.1, -0.05) is 122 Å². The summed E-state index contributed by atoms with van der Waals surface area (Å²) in [6, 6.07) is 52.7. The van der Waals surface area contributed by atoms with Crippen molar-refractivity contribution in [1.82, 2.24) is 0 Å². The fourth-order valence-corrected chi connectivity index (χ4v) is 11.7. The van der Waals surface area contributed by atoms with Crippen LogP contribution in [-0.4, -0.2) is 19.6 Å². The number of carbonyl (C=O) groups is 2. The van der Waals surface area contributed by atoms with E-state index in [9.17, 15) is 9.59 Å². The van der Waals surface area contributed by atoms with Crippen molar-refractivity contribution in [1.29, 1.82) is 0 Å². The maximum atomic E-state index is 13.5. The largest absolute Gasteiger partial charge is 0.310 e. The number of hydrogen-bond donors (Lipinski definition) is 0. The van der Waals surface area contributed by atoms with E-state index in [1.54, 1.807) is 6.08 Å². The zero-order valence-corrected chi connectivity index (χ0v) is 26.8. The highest BCUT2D eigenvalue weighted by Crippen LogP contribution is 2.42. The fourth-order valence-electron chi connectivity index (χ4n) is 7.66. The lowest BCUT2D eigenvalue weighted by atomic mass is 10.0. The Morgan fingerprint density at radius 3 is 1.87 bits per heavy atom. The Morgan fingerprint density at radius 1 is 0.553 bits per heavy atom. The third-order valence-corrected chi connectivity index (χ3v) is 14.5. The van der Waals surface area contributed by atoms with Gasteiger partial charge in [0, 0.05) is 27.9 Å². The Labute approximate surface area is 274 Å². The summed E-state index contributed by atoms with van der Waals surface area (Å²) in [4.78, 5) is 29.5. The third kappa shape index (κ3) is 4.05. The summed E-state index contributed by atoms with van der Waals surface area (Å²) >= 11 is 0. The van der Waals surface area contributed by atoms with E-state index >= 15 is 0 Å². The van der Waals surface area contributed by atoms with E-state index in [4.69, 9.17) is 0 Å². The van der Waals surface area contributed by atoms with Crippen molar-refractivity contribution in [2.45, 2.75) is 6.55 Å². The highest BCUT2D eigenvalue weighted by molar-refractivity contribution is 7.12. The second-order valence-electron chi connectivity index (χ2n) is 12.6. The van der Waals surface area contributed by atoms with Crippen LogP contribution in [0.15, 0.2) is 157 Å². The average molecular weight is 620 g/mol. The molecule has 4 heteroatoms. The molecule has 0 radical (unpaired) electrons. The van der Waals surface area contributed by atoms with Gasteiger partial charge >= 0.3 is 0 Å². The topological polar surface area (TPSA) is 37.4 Å². The SMILES string of the molecule is C[Si]1(c2ccccc2)c2ccccc2N(c2ccccc2)c2c1ccc1cc(C=C3C(=O)c4cc5ccccc5cc4C3=O)ccc21. The minimum atomic E-state index is -2.41. The van der Waals surface area contributed by atoms with E-state index in [2.05, 4.69) is 121 Å². The molecule has 7 aromatic carbocycles. The van der Waals surface area contributed by atoms with Crippen LogP contribution in [0.2, 0.25) is 6.55 Å². The Hall–Kier alpha value is -5.84. The van der Waals surface area contributed by atoms with E-state index in [0.717, 1.165) is 32.8 Å². The van der Waals surface area contributed by atoms with Crippen LogP contribution in [0.25, 0.3) is 27.6 Å². The van der Waals surface area contributed by atoms with Gasteiger partial charge in [0.05, 0.1) is 11.3 Å². The molecule has 222 valence electrons. The fraction of sp³-hybridized carbons (Fsp3) is 0.0233. The van der Waals surface area contributed by atoms with E-state index in [1.165, 1.54) is 26.9 Å². The molecule has 0 amide bonds. The smallest absolute Gasteiger partial charge is 0.197 e. The Morgan fingerprint density at radius 2 is 1.17 bits per heavy atom. The zero-order chi connectivity index (χ0) is 31.7. The van der Waals surface area contributed by atoms with Crippen LogP contribution in [0.3, 0.4) is 0 Å². The number of fused-ring (bicyclic) bond motifs is 6. The molecular weight excluding hydrogens is 591 g/mol. The number of anilines is 3. The summed E-state index contributed by atoms with van der Waals surface area (Å²) in [5.41, 5.74) is 5.52. The standard InChI is InChI=1S/C43H29NO2Si/c1-47(33-16-6-3-7-17-33)39-19-11-10-18-38(39)44(32-14-4-2-5-15-32)41-34-22-20-28(24-31(34)21-23-40(41)47)25-37-42(45)35-26-29-12-8-9-13-30(29)27-36(35)43(37)46/h2-27H,1H3. The van der Waals surface area contributed by atoms with Crippen LogP contribution < -0.4 is 20.5 Å². The Kier molecular flexibility index (Phi) is 6.04. The van der Waals surface area contributed by atoms with Crippen LogP contribution in [0.4, 0.5) is 17.1 Å². The van der Waals surface area contributed by atoms with Crippen LogP contribution in [-0.2, 0) is 0 Å². The van der Waals surface area contributed by atoms with Gasteiger partial charge in [0.2, 0.25) is 0 Å². The summed E-state index contributed by atoms with van der Waals surface area (Å²) in [5, 5.41) is 8.22. The molecule has 0 spiro atoms. The molecule has 0 saturated heterocycles. The molecule has 1 aliphatic heterocycles. The molecule has 0 fully saturated rings. The molecule has 0 saturated carbocycles. The predicted molar refractivity (Wildman–Crippen MR) is 196 cm³/mol. The van der Waals surface area contributed by atoms with Crippen LogP contribution in [0.5, 0.6) is 0 Å². The summed E-state index contributed by atoms with van der Waals surface area (Å²) in [7, 11) is -2.41. The number of rotatable bonds is 3. The van der Waals surface area contributed by atoms with Crippen molar-refractivity contribution in [3.8, 4) is 0 Å². The van der Waals surface area contributed by atoms with Gasteiger partial charge in [0.1, 0.15) is 0 Å². The maximum Gasteiger partial charge on any atom is 0.197 e. The second kappa shape index (κ2) is 10.3. The van der Waals surface area contributed by atoms with E-state index in [-0.39, 0.29) is 17.1 Å². The van der Waals surface area contributed by atoms with Crippen molar-refractivity contribution in [2.24, 2.45) is 0 Å². The molecular formula is C43H29NO2Si. The van der Waals surface area contributed by atoms with Gasteiger partial charge < -0.3 is 4.90 Å². The zero-order valence-electron chi connectivity index (χ0n) is 25.8. The molecule has 7 aromatic rings. The Balaban J connectivity index is 1.24. The second-order valence-corrected chi connectivity index (χ2v) is 16.5. The number of nitrogens with zero attached hydrogens (tertiary/aromatic N) is 1. The first-order valence-corrected chi connectivity index (χ1v) is 18.4. The summed E-state index contributed by atoms with van der Waals surface area (Å²) in [6.07, 6.45) is 1.77. The van der Waals surface area contributed by atoms with E-state index in [1.807, 2.05) is 42.5 Å². The molecule has 47 heavy (non-hydrogen) atoms. The minimum absolute atomic E-state index is 0.210. The molecule has 1 aliphatic carbocycles. The molecule has 3 nitrogen and oxygen atoms in total. The molecule has 0 aromatic heterocycles. The summed E-state index contributed by atoms with van der Waals surface area (Å²) in [5.74, 6) is -0.421. The first kappa shape index (κ1) is 27.5. The van der Waals surface area contributed by atoms with Crippen LogP contribution in [0.1, 0.15) is 26.3 Å². The number of hydrogen-bond acceptors (Lipinski definition) is 3. The Bertz CT molecular complexity index is 2410. The monoisotopic (exact) mass is 619 g/mol. The maximum absolute atomic E-state index is 13.5. The molecule has 1 atom stereocenters. The van der Waals surface area contributed by atoms with Gasteiger partial charge in [0.25, 0.3) is 0 Å². The number of ketones is 2. The molecule has 9 rings (SSSR count). The first-order chi connectivity index (χ1) is 23.0. The van der Waals surface area contributed by atoms with Gasteiger partial charge in [-0.15, -0.1) is 0 Å². The third-order valence-electron chi connectivity index (χ3n) is 10.0. The van der Waals surface area contributed by atoms with Gasteiger partial charge in [-0.25, -0.2) is 0 Å². The first-order valence-electron chi connectivity index (χ1n) is 15.9. The lowest BCUT2D eigenvalue weighted by molar-refractivity contribution is 0.0990. The van der Waals surface area contributed by atoms with E-state index < -0.39 is 8.07 Å². The highest BCUT2D eigenvalue weighted by Gasteiger charge is 2.44. The van der Waals surface area contributed by atoms with Gasteiger partial charge in [-0.05, 0) is 79.8 Å². The van der Waals surface area contributed by atoms with Gasteiger partial charge in [-0.3, -0.25) is 9.59 Å². The predicted octanol–water partition coefficient (Wildman–Crippen LogP) is 8.34.